The molecule has 3 heterocycles. The van der Waals surface area contributed by atoms with Gasteiger partial charge in [-0.05, 0) is 49.8 Å². The number of thiophene rings is 2. The van der Waals surface area contributed by atoms with E-state index in [1.807, 2.05) is 13.0 Å². The Morgan fingerprint density at radius 3 is 2.90 bits per heavy atom. The molecule has 1 N–H and O–H groups in total. The lowest BCUT2D eigenvalue weighted by atomic mass is 10.3. The molecule has 0 aliphatic heterocycles. The molecule has 10 heteroatoms. The summed E-state index contributed by atoms with van der Waals surface area (Å²) in [6.07, 6.45) is 3.01. The van der Waals surface area contributed by atoms with Crippen LogP contribution in [0.3, 0.4) is 0 Å². The van der Waals surface area contributed by atoms with Crippen LogP contribution in [0.2, 0.25) is 0 Å². The van der Waals surface area contributed by atoms with Crippen molar-refractivity contribution in [2.24, 2.45) is 0 Å². The molecule has 0 bridgehead atoms. The molecule has 0 radical (unpaired) electrons. The van der Waals surface area contributed by atoms with E-state index in [1.54, 1.807) is 24.3 Å². The summed E-state index contributed by atoms with van der Waals surface area (Å²) in [7, 11) is 0. The number of nitrogens with zero attached hydrogens (tertiary/aromatic N) is 3. The van der Waals surface area contributed by atoms with Gasteiger partial charge in [-0.2, -0.15) is 0 Å². The maximum absolute atomic E-state index is 12.5. The van der Waals surface area contributed by atoms with Crippen molar-refractivity contribution in [3.63, 3.8) is 0 Å². The van der Waals surface area contributed by atoms with Crippen molar-refractivity contribution >= 4 is 51.3 Å². The van der Waals surface area contributed by atoms with E-state index in [4.69, 9.17) is 4.74 Å². The SMILES string of the molecule is CCOC(=O)c1sc(NC(=O)CSc2nnc(Cc3cccs3)n2C2CC2)cc1C. The van der Waals surface area contributed by atoms with Gasteiger partial charge in [0.1, 0.15) is 10.7 Å². The number of amides is 1. The topological polar surface area (TPSA) is 86.1 Å². The van der Waals surface area contributed by atoms with Crippen molar-refractivity contribution in [1.82, 2.24) is 14.8 Å². The van der Waals surface area contributed by atoms with E-state index >= 15 is 0 Å². The highest BCUT2D eigenvalue weighted by molar-refractivity contribution is 7.99. The van der Waals surface area contributed by atoms with Crippen LogP contribution in [0.4, 0.5) is 5.00 Å². The summed E-state index contributed by atoms with van der Waals surface area (Å²) in [5, 5.41) is 15.1. The molecule has 0 atom stereocenters. The molecule has 0 spiro atoms. The Hall–Kier alpha value is -2.17. The Bertz CT molecular complexity index is 1040. The third-order valence-corrected chi connectivity index (χ3v) is 7.49. The molecule has 1 amide bonds. The third-order valence-electron chi connectivity index (χ3n) is 4.53. The van der Waals surface area contributed by atoms with E-state index in [2.05, 4.69) is 31.5 Å². The van der Waals surface area contributed by atoms with Gasteiger partial charge in [-0.3, -0.25) is 4.79 Å². The Morgan fingerprint density at radius 2 is 2.20 bits per heavy atom. The molecule has 0 saturated heterocycles. The lowest BCUT2D eigenvalue weighted by Crippen LogP contribution is -2.14. The first-order valence-corrected chi connectivity index (χ1v) is 12.4. The number of thioether (sulfide) groups is 1. The summed E-state index contributed by atoms with van der Waals surface area (Å²) in [6.45, 7) is 3.93. The van der Waals surface area contributed by atoms with Gasteiger partial charge in [0.05, 0.1) is 17.4 Å². The number of carbonyl (C=O) groups is 2. The van der Waals surface area contributed by atoms with Gasteiger partial charge >= 0.3 is 5.97 Å². The number of esters is 1. The Morgan fingerprint density at radius 1 is 1.37 bits per heavy atom. The quantitative estimate of drug-likeness (QED) is 0.371. The lowest BCUT2D eigenvalue weighted by molar-refractivity contribution is -0.113. The van der Waals surface area contributed by atoms with Crippen LogP contribution in [0.1, 0.15) is 51.7 Å². The van der Waals surface area contributed by atoms with Gasteiger partial charge in [-0.25, -0.2) is 4.79 Å². The number of aryl methyl sites for hydroxylation is 1. The first-order valence-electron chi connectivity index (χ1n) is 9.71. The lowest BCUT2D eigenvalue weighted by Gasteiger charge is -2.08. The maximum atomic E-state index is 12.5. The van der Waals surface area contributed by atoms with Crippen molar-refractivity contribution in [1.29, 1.82) is 0 Å². The molecule has 0 aromatic carbocycles. The maximum Gasteiger partial charge on any atom is 0.348 e. The molecule has 158 valence electrons. The van der Waals surface area contributed by atoms with E-state index in [1.165, 1.54) is 28.0 Å². The normalized spacial score (nSPS) is 13.4. The van der Waals surface area contributed by atoms with Gasteiger partial charge in [-0.1, -0.05) is 17.8 Å². The number of ether oxygens (including phenoxy) is 1. The highest BCUT2D eigenvalue weighted by Crippen LogP contribution is 2.39. The van der Waals surface area contributed by atoms with Gasteiger partial charge in [0.25, 0.3) is 0 Å². The van der Waals surface area contributed by atoms with Crippen molar-refractivity contribution in [3.8, 4) is 0 Å². The summed E-state index contributed by atoms with van der Waals surface area (Å²) in [4.78, 5) is 26.2. The third kappa shape index (κ3) is 4.93. The zero-order valence-corrected chi connectivity index (χ0v) is 19.2. The minimum absolute atomic E-state index is 0.137. The van der Waals surface area contributed by atoms with Gasteiger partial charge < -0.3 is 14.6 Å². The predicted molar refractivity (Wildman–Crippen MR) is 120 cm³/mol. The van der Waals surface area contributed by atoms with Gasteiger partial charge in [0, 0.05) is 17.3 Å². The molecule has 1 fully saturated rings. The molecular weight excluding hydrogens is 440 g/mol. The van der Waals surface area contributed by atoms with Crippen molar-refractivity contribution in [3.05, 3.63) is 44.7 Å². The summed E-state index contributed by atoms with van der Waals surface area (Å²) >= 11 is 4.34. The molecule has 30 heavy (non-hydrogen) atoms. The van der Waals surface area contributed by atoms with Crippen LogP contribution in [0.15, 0.2) is 28.7 Å². The number of anilines is 1. The highest BCUT2D eigenvalue weighted by Gasteiger charge is 2.30. The molecule has 3 aromatic rings. The summed E-state index contributed by atoms with van der Waals surface area (Å²) < 4.78 is 7.24. The molecule has 4 rings (SSSR count). The van der Waals surface area contributed by atoms with Crippen molar-refractivity contribution in [2.75, 3.05) is 17.7 Å². The first-order chi connectivity index (χ1) is 14.5. The molecular formula is C20H22N4O3S3. The number of nitrogens with one attached hydrogen (secondary N) is 1. The van der Waals surface area contributed by atoms with Crippen LogP contribution in [0.25, 0.3) is 0 Å². The Kier molecular flexibility index (Phi) is 6.55. The minimum Gasteiger partial charge on any atom is -0.462 e. The average Bonchev–Trinajstić information content (AvgIpc) is 3.10. The minimum atomic E-state index is -0.356. The fraction of sp³-hybridized carbons (Fsp3) is 0.400. The Labute approximate surface area is 186 Å². The summed E-state index contributed by atoms with van der Waals surface area (Å²) in [6, 6.07) is 6.38. The second-order valence-corrected chi connectivity index (χ2v) is 9.96. The van der Waals surface area contributed by atoms with Crippen LogP contribution >= 0.6 is 34.4 Å². The molecule has 1 aliphatic rings. The molecule has 1 saturated carbocycles. The highest BCUT2D eigenvalue weighted by atomic mass is 32.2. The number of carbonyl (C=O) groups excluding carboxylic acids is 2. The second-order valence-electron chi connectivity index (χ2n) is 6.94. The van der Waals surface area contributed by atoms with Crippen LogP contribution in [-0.2, 0) is 16.0 Å². The van der Waals surface area contributed by atoms with Crippen LogP contribution in [-0.4, -0.2) is 39.0 Å². The number of aromatic nitrogens is 3. The van der Waals surface area contributed by atoms with Crippen LogP contribution < -0.4 is 5.32 Å². The van der Waals surface area contributed by atoms with Gasteiger partial charge in [-0.15, -0.1) is 32.9 Å². The van der Waals surface area contributed by atoms with E-state index in [0.717, 1.165) is 35.8 Å². The van der Waals surface area contributed by atoms with Gasteiger partial charge in [0.15, 0.2) is 5.16 Å². The fourth-order valence-electron chi connectivity index (χ4n) is 3.04. The van der Waals surface area contributed by atoms with Crippen LogP contribution in [0, 0.1) is 6.92 Å². The van der Waals surface area contributed by atoms with E-state index in [0.29, 0.717) is 22.5 Å². The van der Waals surface area contributed by atoms with E-state index in [-0.39, 0.29) is 17.6 Å². The molecule has 1 aliphatic carbocycles. The van der Waals surface area contributed by atoms with E-state index in [9.17, 15) is 9.59 Å². The summed E-state index contributed by atoms with van der Waals surface area (Å²) in [5.74, 6) is 0.693. The molecule has 7 nitrogen and oxygen atoms in total. The Balaban J connectivity index is 1.38. The average molecular weight is 463 g/mol. The summed E-state index contributed by atoms with van der Waals surface area (Å²) in [5.41, 5.74) is 0.799. The van der Waals surface area contributed by atoms with Gasteiger partial charge in [0.2, 0.25) is 5.91 Å². The zero-order chi connectivity index (χ0) is 21.1. The van der Waals surface area contributed by atoms with Crippen LogP contribution in [0.5, 0.6) is 0 Å². The monoisotopic (exact) mass is 462 g/mol. The fourth-order valence-corrected chi connectivity index (χ4v) is 5.55. The smallest absolute Gasteiger partial charge is 0.348 e. The number of rotatable bonds is 9. The second kappa shape index (κ2) is 9.32. The first kappa shape index (κ1) is 21.1. The standard InChI is InChI=1S/C20H22N4O3S3/c1-3-27-19(26)18-12(2)9-17(30-18)21-16(25)11-29-20-23-22-15(24(20)13-6-7-13)10-14-5-4-8-28-14/h4-5,8-9,13H,3,6-7,10-11H2,1-2H3,(H,21,25). The molecule has 3 aromatic heterocycles. The number of hydrogen-bond donors (Lipinski definition) is 1. The number of hydrogen-bond acceptors (Lipinski definition) is 8. The van der Waals surface area contributed by atoms with Crippen molar-refractivity contribution < 1.29 is 14.3 Å². The zero-order valence-electron chi connectivity index (χ0n) is 16.7. The van der Waals surface area contributed by atoms with Crippen molar-refractivity contribution in [2.45, 2.75) is 44.3 Å². The largest absolute Gasteiger partial charge is 0.462 e. The predicted octanol–water partition coefficient (Wildman–Crippen LogP) is 4.54. The van der Waals surface area contributed by atoms with E-state index < -0.39 is 0 Å². The molecule has 0 unspecified atom stereocenters.